The summed E-state index contributed by atoms with van der Waals surface area (Å²) in [7, 11) is 1.92. The van der Waals surface area contributed by atoms with E-state index in [0.29, 0.717) is 16.3 Å². The highest BCUT2D eigenvalue weighted by Gasteiger charge is 2.06. The Bertz CT molecular complexity index is 557. The molecule has 1 N–H and O–H groups in total. The third-order valence-electron chi connectivity index (χ3n) is 2.93. The zero-order valence-electron chi connectivity index (χ0n) is 10.8. The first kappa shape index (κ1) is 14.0. The fourth-order valence-electron chi connectivity index (χ4n) is 1.68. The topological polar surface area (TPSA) is 21.3 Å². The summed E-state index contributed by atoms with van der Waals surface area (Å²) in [5.41, 5.74) is 1.19. The Hall–Kier alpha value is -1.39. The quantitative estimate of drug-likeness (QED) is 0.883. The van der Waals surface area contributed by atoms with Crippen LogP contribution in [-0.4, -0.2) is 7.05 Å². The molecule has 100 valence electrons. The van der Waals surface area contributed by atoms with Gasteiger partial charge in [0.1, 0.15) is 17.3 Å². The molecular formula is C15H15BrFNO. The van der Waals surface area contributed by atoms with E-state index in [-0.39, 0.29) is 5.82 Å². The van der Waals surface area contributed by atoms with Crippen molar-refractivity contribution in [2.45, 2.75) is 13.0 Å². The summed E-state index contributed by atoms with van der Waals surface area (Å²) in [5, 5.41) is 3.18. The summed E-state index contributed by atoms with van der Waals surface area (Å²) in [6, 6.07) is 12.5. The van der Waals surface area contributed by atoms with Crippen molar-refractivity contribution >= 4 is 15.9 Å². The van der Waals surface area contributed by atoms with E-state index in [2.05, 4.69) is 28.2 Å². The van der Waals surface area contributed by atoms with Gasteiger partial charge in [0, 0.05) is 6.04 Å². The van der Waals surface area contributed by atoms with Crippen LogP contribution in [0.2, 0.25) is 0 Å². The van der Waals surface area contributed by atoms with Gasteiger partial charge in [-0.3, -0.25) is 0 Å². The molecule has 2 aromatic carbocycles. The summed E-state index contributed by atoms with van der Waals surface area (Å²) in [6.45, 7) is 2.09. The number of halogens is 2. The fraction of sp³-hybridized carbons (Fsp3) is 0.200. The third-order valence-corrected chi connectivity index (χ3v) is 3.55. The number of rotatable bonds is 4. The highest BCUT2D eigenvalue weighted by Crippen LogP contribution is 2.30. The van der Waals surface area contributed by atoms with Crippen LogP contribution in [0, 0.1) is 5.82 Å². The van der Waals surface area contributed by atoms with Crippen LogP contribution < -0.4 is 10.1 Å². The Morgan fingerprint density at radius 2 is 1.84 bits per heavy atom. The molecule has 0 saturated carbocycles. The van der Waals surface area contributed by atoms with Gasteiger partial charge >= 0.3 is 0 Å². The maximum absolute atomic E-state index is 13.0. The maximum atomic E-state index is 13.0. The van der Waals surface area contributed by atoms with Crippen molar-refractivity contribution in [2.24, 2.45) is 0 Å². The third kappa shape index (κ3) is 3.55. The van der Waals surface area contributed by atoms with Gasteiger partial charge in [0.05, 0.1) is 4.47 Å². The predicted molar refractivity (Wildman–Crippen MR) is 78.1 cm³/mol. The number of hydrogen-bond donors (Lipinski definition) is 1. The van der Waals surface area contributed by atoms with Crippen molar-refractivity contribution in [1.29, 1.82) is 0 Å². The molecule has 1 unspecified atom stereocenters. The molecule has 1 atom stereocenters. The minimum atomic E-state index is -0.294. The van der Waals surface area contributed by atoms with Crippen LogP contribution in [0.3, 0.4) is 0 Å². The number of nitrogens with one attached hydrogen (secondary N) is 1. The predicted octanol–water partition coefficient (Wildman–Crippen LogP) is 4.66. The second kappa shape index (κ2) is 6.17. The van der Waals surface area contributed by atoms with Gasteiger partial charge < -0.3 is 10.1 Å². The molecule has 0 spiro atoms. The van der Waals surface area contributed by atoms with Gasteiger partial charge in [0.15, 0.2) is 0 Å². The largest absolute Gasteiger partial charge is 0.456 e. The Kier molecular flexibility index (Phi) is 4.56. The molecule has 0 radical (unpaired) electrons. The molecule has 4 heteroatoms. The van der Waals surface area contributed by atoms with Crippen LogP contribution in [-0.2, 0) is 0 Å². The van der Waals surface area contributed by atoms with E-state index >= 15 is 0 Å². The van der Waals surface area contributed by atoms with Crippen molar-refractivity contribution < 1.29 is 9.13 Å². The number of benzene rings is 2. The van der Waals surface area contributed by atoms with Crippen molar-refractivity contribution in [3.63, 3.8) is 0 Å². The summed E-state index contributed by atoms with van der Waals surface area (Å²) in [6.07, 6.45) is 0. The summed E-state index contributed by atoms with van der Waals surface area (Å²) < 4.78 is 19.3. The van der Waals surface area contributed by atoms with Gasteiger partial charge in [-0.25, -0.2) is 4.39 Å². The molecule has 0 aliphatic rings. The Balaban J connectivity index is 2.15. The highest BCUT2D eigenvalue weighted by molar-refractivity contribution is 9.10. The normalized spacial score (nSPS) is 12.2. The second-order valence-electron chi connectivity index (χ2n) is 4.26. The second-order valence-corrected chi connectivity index (χ2v) is 5.11. The molecule has 0 aliphatic carbocycles. The van der Waals surface area contributed by atoms with E-state index < -0.39 is 0 Å². The van der Waals surface area contributed by atoms with Crippen LogP contribution in [0.1, 0.15) is 18.5 Å². The van der Waals surface area contributed by atoms with E-state index in [9.17, 15) is 4.39 Å². The molecule has 0 aromatic heterocycles. The molecule has 0 bridgehead atoms. The number of ether oxygens (including phenoxy) is 1. The van der Waals surface area contributed by atoms with Gasteiger partial charge in [0.2, 0.25) is 0 Å². The van der Waals surface area contributed by atoms with Gasteiger partial charge in [-0.1, -0.05) is 12.1 Å². The van der Waals surface area contributed by atoms with E-state index in [1.165, 1.54) is 17.7 Å². The molecule has 2 aromatic rings. The van der Waals surface area contributed by atoms with Gasteiger partial charge in [-0.15, -0.1) is 0 Å². The first-order valence-corrected chi connectivity index (χ1v) is 6.79. The zero-order chi connectivity index (χ0) is 13.8. The monoisotopic (exact) mass is 323 g/mol. The van der Waals surface area contributed by atoms with Crippen molar-refractivity contribution in [3.8, 4) is 11.5 Å². The van der Waals surface area contributed by atoms with Crippen molar-refractivity contribution in [2.75, 3.05) is 7.05 Å². The van der Waals surface area contributed by atoms with Crippen LogP contribution in [0.15, 0.2) is 46.9 Å². The van der Waals surface area contributed by atoms with Crippen molar-refractivity contribution in [3.05, 3.63) is 58.3 Å². The van der Waals surface area contributed by atoms with Crippen LogP contribution >= 0.6 is 15.9 Å². The van der Waals surface area contributed by atoms with Crippen molar-refractivity contribution in [1.82, 2.24) is 5.32 Å². The molecule has 2 rings (SSSR count). The lowest BCUT2D eigenvalue weighted by Crippen LogP contribution is -2.11. The first-order valence-electron chi connectivity index (χ1n) is 6.00. The fourth-order valence-corrected chi connectivity index (χ4v) is 2.11. The van der Waals surface area contributed by atoms with E-state index in [1.807, 2.05) is 31.3 Å². The Morgan fingerprint density at radius 3 is 2.42 bits per heavy atom. The Morgan fingerprint density at radius 1 is 1.16 bits per heavy atom. The SMILES string of the molecule is CNC(C)c1ccc(Oc2ccc(F)cc2Br)cc1. The summed E-state index contributed by atoms with van der Waals surface area (Å²) in [5.74, 6) is 1.02. The van der Waals surface area contributed by atoms with Gasteiger partial charge in [-0.05, 0) is 65.8 Å². The van der Waals surface area contributed by atoms with E-state index in [0.717, 1.165) is 5.75 Å². The average molecular weight is 324 g/mol. The Labute approximate surface area is 120 Å². The average Bonchev–Trinajstić information content (AvgIpc) is 2.42. The summed E-state index contributed by atoms with van der Waals surface area (Å²) in [4.78, 5) is 0. The van der Waals surface area contributed by atoms with E-state index in [4.69, 9.17) is 4.74 Å². The minimum Gasteiger partial charge on any atom is -0.456 e. The van der Waals surface area contributed by atoms with Gasteiger partial charge in [-0.2, -0.15) is 0 Å². The number of hydrogen-bond acceptors (Lipinski definition) is 2. The standard InChI is InChI=1S/C15H15BrFNO/c1-10(18-2)11-3-6-13(7-4-11)19-15-8-5-12(17)9-14(15)16/h3-10,18H,1-2H3. The van der Waals surface area contributed by atoms with E-state index in [1.54, 1.807) is 6.07 Å². The lowest BCUT2D eigenvalue weighted by Gasteiger charge is -2.12. The molecule has 0 aliphatic heterocycles. The molecule has 0 fully saturated rings. The zero-order valence-corrected chi connectivity index (χ0v) is 12.4. The first-order chi connectivity index (χ1) is 9.10. The molecule has 0 amide bonds. The van der Waals surface area contributed by atoms with Gasteiger partial charge in [0.25, 0.3) is 0 Å². The molecule has 0 heterocycles. The smallest absolute Gasteiger partial charge is 0.141 e. The summed E-state index contributed by atoms with van der Waals surface area (Å²) >= 11 is 3.28. The highest BCUT2D eigenvalue weighted by atomic mass is 79.9. The minimum absolute atomic E-state index is 0.294. The lowest BCUT2D eigenvalue weighted by atomic mass is 10.1. The lowest BCUT2D eigenvalue weighted by molar-refractivity contribution is 0.476. The van der Waals surface area contributed by atoms with Crippen LogP contribution in [0.4, 0.5) is 4.39 Å². The molecule has 19 heavy (non-hydrogen) atoms. The molecule has 2 nitrogen and oxygen atoms in total. The maximum Gasteiger partial charge on any atom is 0.141 e. The van der Waals surface area contributed by atoms with Crippen LogP contribution in [0.5, 0.6) is 11.5 Å². The molecular weight excluding hydrogens is 309 g/mol. The van der Waals surface area contributed by atoms with Crippen LogP contribution in [0.25, 0.3) is 0 Å². The molecule has 0 saturated heterocycles.